The van der Waals surface area contributed by atoms with Gasteiger partial charge in [-0.15, -0.1) is 0 Å². The maximum atomic E-state index is 11.1. The van der Waals surface area contributed by atoms with Gasteiger partial charge in [-0.05, 0) is 0 Å². The van der Waals surface area contributed by atoms with Crippen LogP contribution in [0.4, 0.5) is 5.82 Å². The minimum Gasteiger partial charge on any atom is -0.383 e. The molecule has 0 radical (unpaired) electrons. The summed E-state index contributed by atoms with van der Waals surface area (Å²) in [6, 6.07) is 9.56. The van der Waals surface area contributed by atoms with Crippen LogP contribution in [-0.4, -0.2) is 19.9 Å². The van der Waals surface area contributed by atoms with Gasteiger partial charge in [0.2, 0.25) is 0 Å². The van der Waals surface area contributed by atoms with Gasteiger partial charge in [-0.1, -0.05) is 30.3 Å². The number of fused-ring (bicyclic) bond motifs is 1. The predicted molar refractivity (Wildman–Crippen MR) is 64.4 cm³/mol. The molecule has 0 saturated carbocycles. The van der Waals surface area contributed by atoms with Crippen molar-refractivity contribution in [3.8, 4) is 11.4 Å². The van der Waals surface area contributed by atoms with Gasteiger partial charge >= 0.3 is 5.69 Å². The molecule has 0 fully saturated rings. The zero-order valence-electron chi connectivity index (χ0n) is 8.77. The normalized spacial score (nSPS) is 10.8. The summed E-state index contributed by atoms with van der Waals surface area (Å²) < 4.78 is 0. The second-order valence-corrected chi connectivity index (χ2v) is 3.61. The molecule has 1 aromatic carbocycles. The first-order valence-electron chi connectivity index (χ1n) is 5.05. The molecule has 0 bridgehead atoms. The Balaban J connectivity index is 2.27. The fourth-order valence-electron chi connectivity index (χ4n) is 1.67. The SMILES string of the molecule is Nc1[nH]c(=O)nc2nc(-c3ccccc3)[nH]c12. The second-order valence-electron chi connectivity index (χ2n) is 3.61. The highest BCUT2D eigenvalue weighted by atomic mass is 16.1. The average molecular weight is 227 g/mol. The molecular formula is C11H9N5O. The van der Waals surface area contributed by atoms with Crippen LogP contribution in [0.15, 0.2) is 35.1 Å². The standard InChI is InChI=1S/C11H9N5O/c12-8-7-10(16-11(17)14-8)15-9(13-7)6-4-2-1-3-5-6/h1-5H,(H4,12,13,14,15,16,17). The Morgan fingerprint density at radius 1 is 1.06 bits per heavy atom. The van der Waals surface area contributed by atoms with Crippen molar-refractivity contribution in [2.24, 2.45) is 0 Å². The summed E-state index contributed by atoms with van der Waals surface area (Å²) in [5.41, 5.74) is 6.97. The fourth-order valence-corrected chi connectivity index (χ4v) is 1.67. The third-order valence-corrected chi connectivity index (χ3v) is 2.45. The summed E-state index contributed by atoms with van der Waals surface area (Å²) in [6.45, 7) is 0. The number of benzene rings is 1. The molecule has 0 amide bonds. The van der Waals surface area contributed by atoms with Crippen LogP contribution in [0.5, 0.6) is 0 Å². The lowest BCUT2D eigenvalue weighted by Gasteiger charge is -1.93. The first-order valence-corrected chi connectivity index (χ1v) is 5.05. The maximum absolute atomic E-state index is 11.1. The van der Waals surface area contributed by atoms with Gasteiger partial charge < -0.3 is 10.7 Å². The highest BCUT2D eigenvalue weighted by Crippen LogP contribution is 2.20. The molecule has 2 heterocycles. The molecular weight excluding hydrogens is 218 g/mol. The molecule has 2 aromatic heterocycles. The first-order chi connectivity index (χ1) is 8.24. The number of H-pyrrole nitrogens is 2. The van der Waals surface area contributed by atoms with Gasteiger partial charge in [0.05, 0.1) is 0 Å². The van der Waals surface area contributed by atoms with Gasteiger partial charge in [0.1, 0.15) is 17.2 Å². The largest absolute Gasteiger partial charge is 0.383 e. The van der Waals surface area contributed by atoms with Gasteiger partial charge in [-0.3, -0.25) is 4.98 Å². The highest BCUT2D eigenvalue weighted by Gasteiger charge is 2.09. The van der Waals surface area contributed by atoms with Crippen molar-refractivity contribution in [1.29, 1.82) is 0 Å². The van der Waals surface area contributed by atoms with E-state index >= 15 is 0 Å². The minimum absolute atomic E-state index is 0.245. The van der Waals surface area contributed by atoms with Crippen LogP contribution in [0.25, 0.3) is 22.6 Å². The molecule has 0 spiro atoms. The van der Waals surface area contributed by atoms with Gasteiger partial charge in [0.15, 0.2) is 5.65 Å². The summed E-state index contributed by atoms with van der Waals surface area (Å²) in [4.78, 5) is 24.6. The fraction of sp³-hybridized carbons (Fsp3) is 0. The van der Waals surface area contributed by atoms with Crippen LogP contribution in [0.1, 0.15) is 0 Å². The predicted octanol–water partition coefficient (Wildman–Crippen LogP) is 0.895. The van der Waals surface area contributed by atoms with Crippen LogP contribution < -0.4 is 11.4 Å². The van der Waals surface area contributed by atoms with E-state index in [1.165, 1.54) is 0 Å². The summed E-state index contributed by atoms with van der Waals surface area (Å²) in [5.74, 6) is 0.883. The number of hydrogen-bond acceptors (Lipinski definition) is 4. The van der Waals surface area contributed by atoms with Crippen molar-refractivity contribution in [3.05, 3.63) is 40.8 Å². The zero-order chi connectivity index (χ0) is 11.8. The van der Waals surface area contributed by atoms with Crippen molar-refractivity contribution in [2.75, 3.05) is 5.73 Å². The Morgan fingerprint density at radius 2 is 1.82 bits per heavy atom. The lowest BCUT2D eigenvalue weighted by Crippen LogP contribution is -2.12. The highest BCUT2D eigenvalue weighted by molar-refractivity contribution is 5.84. The van der Waals surface area contributed by atoms with E-state index in [4.69, 9.17) is 5.73 Å². The minimum atomic E-state index is -0.499. The first kappa shape index (κ1) is 9.59. The molecule has 6 heteroatoms. The van der Waals surface area contributed by atoms with Crippen LogP contribution in [0.2, 0.25) is 0 Å². The average Bonchev–Trinajstić information content (AvgIpc) is 2.74. The summed E-state index contributed by atoms with van der Waals surface area (Å²) >= 11 is 0. The molecule has 3 aromatic rings. The Labute approximate surface area is 95.5 Å². The maximum Gasteiger partial charge on any atom is 0.348 e. The van der Waals surface area contributed by atoms with Gasteiger partial charge in [0.25, 0.3) is 0 Å². The van der Waals surface area contributed by atoms with E-state index in [1.807, 2.05) is 30.3 Å². The van der Waals surface area contributed by atoms with Crippen LogP contribution >= 0.6 is 0 Å². The summed E-state index contributed by atoms with van der Waals surface area (Å²) in [7, 11) is 0. The van der Waals surface area contributed by atoms with Gasteiger partial charge in [0, 0.05) is 5.56 Å². The summed E-state index contributed by atoms with van der Waals surface area (Å²) in [6.07, 6.45) is 0. The van der Waals surface area contributed by atoms with Crippen molar-refractivity contribution in [2.45, 2.75) is 0 Å². The number of aromatic nitrogens is 4. The Morgan fingerprint density at radius 3 is 2.59 bits per heavy atom. The zero-order valence-corrected chi connectivity index (χ0v) is 8.77. The Kier molecular flexibility index (Phi) is 1.94. The van der Waals surface area contributed by atoms with Crippen molar-refractivity contribution in [3.63, 3.8) is 0 Å². The topological polar surface area (TPSA) is 100 Å². The van der Waals surface area contributed by atoms with Crippen molar-refractivity contribution < 1.29 is 0 Å². The van der Waals surface area contributed by atoms with Crippen LogP contribution in [0, 0.1) is 0 Å². The Bertz CT molecular complexity index is 728. The number of rotatable bonds is 1. The molecule has 0 aliphatic heterocycles. The molecule has 0 atom stereocenters. The number of imidazole rings is 1. The van der Waals surface area contributed by atoms with E-state index in [9.17, 15) is 4.79 Å². The Hall–Kier alpha value is -2.63. The van der Waals surface area contributed by atoms with Crippen molar-refractivity contribution >= 4 is 17.0 Å². The van der Waals surface area contributed by atoms with E-state index in [0.29, 0.717) is 17.0 Å². The van der Waals surface area contributed by atoms with Gasteiger partial charge in [-0.25, -0.2) is 9.78 Å². The number of nitrogen functional groups attached to an aromatic ring is 1. The lowest BCUT2D eigenvalue weighted by atomic mass is 10.2. The van der Waals surface area contributed by atoms with Gasteiger partial charge in [-0.2, -0.15) is 4.98 Å². The molecule has 4 N–H and O–H groups in total. The molecule has 0 aliphatic carbocycles. The monoisotopic (exact) mass is 227 g/mol. The molecule has 0 saturated heterocycles. The number of aromatic amines is 2. The number of anilines is 1. The van der Waals surface area contributed by atoms with E-state index < -0.39 is 5.69 Å². The van der Waals surface area contributed by atoms with E-state index in [0.717, 1.165) is 5.56 Å². The second kappa shape index (κ2) is 3.44. The molecule has 0 unspecified atom stereocenters. The number of nitrogens with zero attached hydrogens (tertiary/aromatic N) is 2. The third-order valence-electron chi connectivity index (χ3n) is 2.45. The smallest absolute Gasteiger partial charge is 0.348 e. The molecule has 84 valence electrons. The number of nitrogens with two attached hydrogens (primary N) is 1. The van der Waals surface area contributed by atoms with E-state index in [-0.39, 0.29) is 5.82 Å². The molecule has 6 nitrogen and oxygen atoms in total. The lowest BCUT2D eigenvalue weighted by molar-refractivity contribution is 1.11. The quantitative estimate of drug-likeness (QED) is 0.574. The van der Waals surface area contributed by atoms with Crippen LogP contribution in [0.3, 0.4) is 0 Å². The summed E-state index contributed by atoms with van der Waals surface area (Å²) in [5, 5.41) is 0. The molecule has 3 rings (SSSR count). The number of hydrogen-bond donors (Lipinski definition) is 3. The van der Waals surface area contributed by atoms with E-state index in [2.05, 4.69) is 19.9 Å². The molecule has 17 heavy (non-hydrogen) atoms. The molecule has 0 aliphatic rings. The van der Waals surface area contributed by atoms with Crippen LogP contribution in [-0.2, 0) is 0 Å². The number of nitrogens with one attached hydrogen (secondary N) is 2. The van der Waals surface area contributed by atoms with E-state index in [1.54, 1.807) is 0 Å². The van der Waals surface area contributed by atoms with Crippen molar-refractivity contribution in [1.82, 2.24) is 19.9 Å². The third kappa shape index (κ3) is 1.55.